The minimum Gasteiger partial charge on any atom is -0.478 e. The Bertz CT molecular complexity index is 566. The van der Waals surface area contributed by atoms with E-state index in [1.165, 1.54) is 0 Å². The van der Waals surface area contributed by atoms with Crippen molar-refractivity contribution in [3.8, 4) is 0 Å². The minimum atomic E-state index is -1.82. The first-order valence-electron chi connectivity index (χ1n) is 5.46. The van der Waals surface area contributed by atoms with Crippen LogP contribution in [0.15, 0.2) is 42.5 Å². The zero-order valence-corrected chi connectivity index (χ0v) is 12.5. The molecule has 0 aromatic heterocycles. The first-order valence-corrected chi connectivity index (χ1v) is 5.46. The summed E-state index contributed by atoms with van der Waals surface area (Å²) in [5.74, 6) is -7.04. The molecule has 0 heterocycles. The van der Waals surface area contributed by atoms with Crippen LogP contribution in [-0.4, -0.2) is 55.4 Å². The van der Waals surface area contributed by atoms with E-state index in [2.05, 4.69) is 0 Å². The highest BCUT2D eigenvalue weighted by molar-refractivity contribution is 6.27. The van der Waals surface area contributed by atoms with Crippen molar-refractivity contribution < 1.29 is 49.5 Å². The van der Waals surface area contributed by atoms with Crippen LogP contribution in [0.1, 0.15) is 10.4 Å². The molecule has 5 N–H and O–H groups in total. The van der Waals surface area contributed by atoms with Crippen molar-refractivity contribution in [3.63, 3.8) is 0 Å². The fourth-order valence-corrected chi connectivity index (χ4v) is 0.723. The van der Waals surface area contributed by atoms with Crippen molar-refractivity contribution in [2.45, 2.75) is 0 Å². The van der Waals surface area contributed by atoms with Crippen LogP contribution in [0, 0.1) is 0 Å². The predicted molar refractivity (Wildman–Crippen MR) is 80.3 cm³/mol. The summed E-state index contributed by atoms with van der Waals surface area (Å²) in [6, 6.07) is 8.30. The summed E-state index contributed by atoms with van der Waals surface area (Å²) in [5.41, 5.74) is 0.331. The Labute approximate surface area is 140 Å². The van der Waals surface area contributed by atoms with Gasteiger partial charge in [-0.05, 0) is 12.1 Å². The number of aliphatic carboxylic acids is 4. The van der Waals surface area contributed by atoms with Gasteiger partial charge in [-0.25, -0.2) is 24.0 Å². The van der Waals surface area contributed by atoms with Crippen molar-refractivity contribution in [3.05, 3.63) is 48.0 Å². The number of hydrogen-bond donors (Lipinski definition) is 5. The second-order valence-corrected chi connectivity index (χ2v) is 3.29. The average molecular weight is 365 g/mol. The fraction of sp³-hybridized carbons (Fsp3) is 0. The molecule has 0 radical (unpaired) electrons. The Balaban J connectivity index is -0.000000276. The van der Waals surface area contributed by atoms with Gasteiger partial charge in [-0.3, -0.25) is 0 Å². The van der Waals surface area contributed by atoms with Gasteiger partial charge < -0.3 is 25.5 Å². The van der Waals surface area contributed by atoms with E-state index in [0.29, 0.717) is 17.7 Å². The van der Waals surface area contributed by atoms with E-state index in [9.17, 15) is 14.4 Å². The average Bonchev–Trinajstić information content (AvgIpc) is 2.47. The topological polar surface area (TPSA) is 186 Å². The van der Waals surface area contributed by atoms with Crippen LogP contribution in [0.4, 0.5) is 0 Å². The third kappa shape index (κ3) is 18.6. The zero-order chi connectivity index (χ0) is 18.4. The molecule has 132 valence electrons. The van der Waals surface area contributed by atoms with Gasteiger partial charge in [0.25, 0.3) is 0 Å². The fourth-order valence-electron chi connectivity index (χ4n) is 0.723. The van der Waals surface area contributed by atoms with Crippen LogP contribution in [0.25, 0.3) is 0 Å². The molecule has 24 heavy (non-hydrogen) atoms. The van der Waals surface area contributed by atoms with Crippen LogP contribution >= 0.6 is 12.4 Å². The van der Waals surface area contributed by atoms with Gasteiger partial charge >= 0.3 is 29.8 Å². The summed E-state index contributed by atoms with van der Waals surface area (Å²) >= 11 is 0. The molecule has 0 fully saturated rings. The predicted octanol–water partition coefficient (Wildman–Crippen LogP) is 0.674. The number of carboxylic acid groups (broad SMARTS) is 5. The maximum Gasteiger partial charge on any atom is 0.414 e. The maximum atomic E-state index is 10.2. The molecule has 0 aliphatic heterocycles. The number of halogens is 1. The number of aromatic carboxylic acids is 1. The molecular formula is C13H13ClO10. The molecule has 0 aliphatic carbocycles. The van der Waals surface area contributed by atoms with E-state index in [0.717, 1.165) is 0 Å². The highest BCUT2D eigenvalue weighted by Gasteiger charge is 2.04. The van der Waals surface area contributed by atoms with Gasteiger partial charge in [0, 0.05) is 12.2 Å². The van der Waals surface area contributed by atoms with E-state index in [1.807, 2.05) is 0 Å². The molecule has 0 bridgehead atoms. The molecule has 1 rings (SSSR count). The Kier molecular flexibility index (Phi) is 15.5. The van der Waals surface area contributed by atoms with Gasteiger partial charge in [0.05, 0.1) is 5.56 Å². The number of carbonyl (C=O) groups is 5. The smallest absolute Gasteiger partial charge is 0.414 e. The Morgan fingerprint density at radius 1 is 0.667 bits per heavy atom. The molecule has 1 aromatic carbocycles. The normalized spacial score (nSPS) is 8.33. The van der Waals surface area contributed by atoms with Crippen molar-refractivity contribution in [1.29, 1.82) is 0 Å². The SMILES string of the molecule is Cl.O=C(O)C(=O)O.O=C(O)C=CC(=O)O.O=C(O)c1ccccc1. The molecule has 0 atom stereocenters. The number of rotatable bonds is 3. The Morgan fingerprint density at radius 2 is 1.00 bits per heavy atom. The lowest BCUT2D eigenvalue weighted by molar-refractivity contribution is -0.159. The van der Waals surface area contributed by atoms with E-state index in [1.54, 1.807) is 30.3 Å². The minimum absolute atomic E-state index is 0. The number of benzene rings is 1. The lowest BCUT2D eigenvalue weighted by Crippen LogP contribution is -2.09. The van der Waals surface area contributed by atoms with Gasteiger partial charge in [0.15, 0.2) is 0 Å². The molecule has 11 heteroatoms. The Hall–Kier alpha value is -3.40. The summed E-state index contributed by atoms with van der Waals surface area (Å²) in [6.45, 7) is 0. The second kappa shape index (κ2) is 14.5. The third-order valence-electron chi connectivity index (χ3n) is 1.57. The first kappa shape index (κ1) is 25.5. The van der Waals surface area contributed by atoms with Crippen LogP contribution < -0.4 is 0 Å². The third-order valence-corrected chi connectivity index (χ3v) is 1.57. The molecule has 0 unspecified atom stereocenters. The van der Waals surface area contributed by atoms with E-state index < -0.39 is 29.8 Å². The van der Waals surface area contributed by atoms with Crippen LogP contribution in [0.3, 0.4) is 0 Å². The molecule has 1 aromatic rings. The van der Waals surface area contributed by atoms with Gasteiger partial charge in [-0.2, -0.15) is 0 Å². The summed E-state index contributed by atoms with van der Waals surface area (Å²) in [4.78, 5) is 47.5. The molecule has 0 amide bonds. The molecular weight excluding hydrogens is 352 g/mol. The quantitative estimate of drug-likeness (QED) is 0.376. The van der Waals surface area contributed by atoms with Gasteiger partial charge in [0.2, 0.25) is 0 Å². The van der Waals surface area contributed by atoms with Gasteiger partial charge in [-0.1, -0.05) is 18.2 Å². The van der Waals surface area contributed by atoms with Crippen LogP contribution in [0.5, 0.6) is 0 Å². The zero-order valence-electron chi connectivity index (χ0n) is 11.7. The van der Waals surface area contributed by atoms with Crippen molar-refractivity contribution in [1.82, 2.24) is 0 Å². The van der Waals surface area contributed by atoms with Crippen molar-refractivity contribution in [2.75, 3.05) is 0 Å². The van der Waals surface area contributed by atoms with Gasteiger partial charge in [-0.15, -0.1) is 12.4 Å². The van der Waals surface area contributed by atoms with Crippen molar-refractivity contribution in [2.24, 2.45) is 0 Å². The standard InChI is InChI=1S/C7H6O2.C4H4O4.C2H2O4.ClH/c8-7(9)6-4-2-1-3-5-6;5-3(6)1-2-4(7)8;3-1(4)2(5)6;/h1-5H,(H,8,9);1-2H,(H,5,6)(H,7,8);(H,3,4)(H,5,6);1H. The molecule has 0 aliphatic rings. The maximum absolute atomic E-state index is 10.2. The largest absolute Gasteiger partial charge is 0.478 e. The monoisotopic (exact) mass is 364 g/mol. The van der Waals surface area contributed by atoms with Gasteiger partial charge in [0.1, 0.15) is 0 Å². The van der Waals surface area contributed by atoms with Crippen LogP contribution in [-0.2, 0) is 19.2 Å². The lowest BCUT2D eigenvalue weighted by Gasteiger charge is -1.88. The molecule has 0 spiro atoms. The summed E-state index contributed by atoms with van der Waals surface area (Å²) in [5, 5.41) is 38.8. The Morgan fingerprint density at radius 3 is 1.17 bits per heavy atom. The van der Waals surface area contributed by atoms with E-state index in [-0.39, 0.29) is 12.4 Å². The summed E-state index contributed by atoms with van der Waals surface area (Å²) in [7, 11) is 0. The summed E-state index contributed by atoms with van der Waals surface area (Å²) < 4.78 is 0. The molecule has 0 saturated heterocycles. The molecule has 10 nitrogen and oxygen atoms in total. The van der Waals surface area contributed by atoms with E-state index in [4.69, 9.17) is 35.1 Å². The first-order chi connectivity index (χ1) is 10.6. The highest BCUT2D eigenvalue weighted by atomic mass is 35.5. The lowest BCUT2D eigenvalue weighted by atomic mass is 10.2. The van der Waals surface area contributed by atoms with Crippen LogP contribution in [0.2, 0.25) is 0 Å². The summed E-state index contributed by atoms with van der Waals surface area (Å²) in [6.07, 6.45) is 1.12. The second-order valence-electron chi connectivity index (χ2n) is 3.29. The van der Waals surface area contributed by atoms with E-state index >= 15 is 0 Å². The number of carboxylic acids is 5. The highest BCUT2D eigenvalue weighted by Crippen LogP contribution is 1.96. The molecule has 0 saturated carbocycles. The van der Waals surface area contributed by atoms with Crippen molar-refractivity contribution >= 4 is 42.3 Å². The number of hydrogen-bond acceptors (Lipinski definition) is 5.